The maximum absolute atomic E-state index is 11.4. The summed E-state index contributed by atoms with van der Waals surface area (Å²) in [4.78, 5) is 24.5. The van der Waals surface area contributed by atoms with Crippen LogP contribution in [-0.2, 0) is 0 Å². The first kappa shape index (κ1) is 13.2. The highest BCUT2D eigenvalue weighted by atomic mass is 16.3. The van der Waals surface area contributed by atoms with Gasteiger partial charge in [0.25, 0.3) is 5.56 Å². The molecular weight excluding hydrogens is 244 g/mol. The first-order valence-corrected chi connectivity index (χ1v) is 5.96. The first-order chi connectivity index (χ1) is 9.10. The molecule has 19 heavy (non-hydrogen) atoms. The number of H-pyrrole nitrogens is 1. The molecule has 0 aliphatic carbocycles. The Bertz CT molecular complexity index is 607. The average Bonchev–Trinajstić information content (AvgIpc) is 2.38. The van der Waals surface area contributed by atoms with Gasteiger partial charge in [0.1, 0.15) is 11.6 Å². The van der Waals surface area contributed by atoms with Gasteiger partial charge < -0.3 is 15.0 Å². The molecule has 2 heterocycles. The van der Waals surface area contributed by atoms with Gasteiger partial charge in [-0.1, -0.05) is 0 Å². The second kappa shape index (κ2) is 5.62. The van der Waals surface area contributed by atoms with E-state index in [-0.39, 0.29) is 12.2 Å². The molecule has 0 saturated carbocycles. The minimum atomic E-state index is -0.177. The zero-order chi connectivity index (χ0) is 13.8. The topological polar surface area (TPSA) is 82.1 Å². The van der Waals surface area contributed by atoms with E-state index < -0.39 is 0 Å². The number of hydrogen-bond acceptors (Lipinski definition) is 5. The number of nitrogens with zero attached hydrogens (tertiary/aromatic N) is 3. The van der Waals surface area contributed by atoms with Crippen molar-refractivity contribution >= 4 is 5.82 Å². The fourth-order valence-electron chi connectivity index (χ4n) is 1.73. The maximum atomic E-state index is 11.4. The van der Waals surface area contributed by atoms with Gasteiger partial charge in [-0.05, 0) is 19.1 Å². The summed E-state index contributed by atoms with van der Waals surface area (Å²) in [5.74, 6) is 1.27. The lowest BCUT2D eigenvalue weighted by Gasteiger charge is -2.16. The standard InChI is InChI=1S/C13H16N4O2/c1-9-7-12(19)16-13(15-9)10-3-4-11(14-8-10)17(2)5-6-18/h3-4,7-8,18H,5-6H2,1-2H3,(H,15,16,19). The van der Waals surface area contributed by atoms with E-state index in [4.69, 9.17) is 5.11 Å². The van der Waals surface area contributed by atoms with E-state index in [0.29, 0.717) is 18.1 Å². The van der Waals surface area contributed by atoms with E-state index in [1.807, 2.05) is 24.1 Å². The zero-order valence-electron chi connectivity index (χ0n) is 10.9. The number of hydrogen-bond donors (Lipinski definition) is 2. The van der Waals surface area contributed by atoms with Crippen LogP contribution >= 0.6 is 0 Å². The third-order valence-electron chi connectivity index (χ3n) is 2.72. The summed E-state index contributed by atoms with van der Waals surface area (Å²) in [5.41, 5.74) is 1.24. The highest BCUT2D eigenvalue weighted by molar-refractivity contribution is 5.56. The predicted molar refractivity (Wildman–Crippen MR) is 73.2 cm³/mol. The Kier molecular flexibility index (Phi) is 3.91. The largest absolute Gasteiger partial charge is 0.395 e. The lowest BCUT2D eigenvalue weighted by atomic mass is 10.2. The van der Waals surface area contributed by atoms with Crippen LogP contribution in [0.25, 0.3) is 11.4 Å². The van der Waals surface area contributed by atoms with E-state index in [2.05, 4.69) is 15.0 Å². The molecule has 6 heteroatoms. The highest BCUT2D eigenvalue weighted by Gasteiger charge is 2.05. The van der Waals surface area contributed by atoms with Gasteiger partial charge in [-0.15, -0.1) is 0 Å². The Labute approximate surface area is 110 Å². The minimum absolute atomic E-state index is 0.0761. The normalized spacial score (nSPS) is 10.5. The number of likely N-dealkylation sites (N-methyl/N-ethyl adjacent to an activating group) is 1. The number of aliphatic hydroxyl groups excluding tert-OH is 1. The van der Waals surface area contributed by atoms with Gasteiger partial charge in [-0.2, -0.15) is 0 Å². The Morgan fingerprint density at radius 2 is 2.21 bits per heavy atom. The summed E-state index contributed by atoms with van der Waals surface area (Å²) in [6, 6.07) is 5.11. The zero-order valence-corrected chi connectivity index (χ0v) is 10.9. The molecular formula is C13H16N4O2. The average molecular weight is 260 g/mol. The molecule has 100 valence electrons. The fourth-order valence-corrected chi connectivity index (χ4v) is 1.73. The Hall–Kier alpha value is -2.21. The summed E-state index contributed by atoms with van der Waals surface area (Å²) >= 11 is 0. The fraction of sp³-hybridized carbons (Fsp3) is 0.308. The number of anilines is 1. The monoisotopic (exact) mass is 260 g/mol. The Morgan fingerprint density at radius 1 is 1.42 bits per heavy atom. The summed E-state index contributed by atoms with van der Waals surface area (Å²) in [6.07, 6.45) is 1.65. The highest BCUT2D eigenvalue weighted by Crippen LogP contribution is 2.16. The van der Waals surface area contributed by atoms with Crippen LogP contribution in [0.2, 0.25) is 0 Å². The molecule has 0 aromatic carbocycles. The third-order valence-corrected chi connectivity index (χ3v) is 2.72. The molecule has 0 amide bonds. The lowest BCUT2D eigenvalue weighted by molar-refractivity contribution is 0.304. The van der Waals surface area contributed by atoms with Crippen LogP contribution in [0.4, 0.5) is 5.82 Å². The van der Waals surface area contributed by atoms with Crippen molar-refractivity contribution in [3.8, 4) is 11.4 Å². The smallest absolute Gasteiger partial charge is 0.251 e. The molecule has 0 atom stereocenters. The summed E-state index contributed by atoms with van der Waals surface area (Å²) in [7, 11) is 1.85. The quantitative estimate of drug-likeness (QED) is 0.839. The number of aromatic nitrogens is 3. The Balaban J connectivity index is 2.29. The molecule has 2 aromatic heterocycles. The van der Waals surface area contributed by atoms with Crippen molar-refractivity contribution in [2.75, 3.05) is 25.1 Å². The van der Waals surface area contributed by atoms with Gasteiger partial charge in [0.05, 0.1) is 6.61 Å². The number of nitrogens with one attached hydrogen (secondary N) is 1. The Morgan fingerprint density at radius 3 is 2.79 bits per heavy atom. The van der Waals surface area contributed by atoms with Crippen LogP contribution in [-0.4, -0.2) is 40.3 Å². The predicted octanol–water partition coefficient (Wildman–Crippen LogP) is 0.569. The molecule has 0 saturated heterocycles. The van der Waals surface area contributed by atoms with Crippen molar-refractivity contribution in [1.82, 2.24) is 15.0 Å². The molecule has 0 unspecified atom stereocenters. The minimum Gasteiger partial charge on any atom is -0.395 e. The van der Waals surface area contributed by atoms with Crippen molar-refractivity contribution in [3.63, 3.8) is 0 Å². The van der Waals surface area contributed by atoms with Gasteiger partial charge in [0, 0.05) is 37.1 Å². The van der Waals surface area contributed by atoms with Crippen LogP contribution in [0.1, 0.15) is 5.69 Å². The molecule has 0 radical (unpaired) electrons. The molecule has 0 fully saturated rings. The first-order valence-electron chi connectivity index (χ1n) is 5.96. The van der Waals surface area contributed by atoms with Crippen molar-refractivity contribution in [3.05, 3.63) is 40.4 Å². The van der Waals surface area contributed by atoms with E-state index in [0.717, 1.165) is 11.4 Å². The second-order valence-corrected chi connectivity index (χ2v) is 4.29. The summed E-state index contributed by atoms with van der Waals surface area (Å²) in [5, 5.41) is 8.87. The molecule has 0 aliphatic rings. The van der Waals surface area contributed by atoms with E-state index >= 15 is 0 Å². The van der Waals surface area contributed by atoms with E-state index in [1.165, 1.54) is 6.07 Å². The van der Waals surface area contributed by atoms with Crippen molar-refractivity contribution in [1.29, 1.82) is 0 Å². The number of rotatable bonds is 4. The van der Waals surface area contributed by atoms with Crippen LogP contribution in [0, 0.1) is 6.92 Å². The third kappa shape index (κ3) is 3.17. The number of pyridine rings is 1. The number of aliphatic hydroxyl groups is 1. The SMILES string of the molecule is Cc1cc(=O)[nH]c(-c2ccc(N(C)CCO)nc2)n1. The molecule has 0 bridgehead atoms. The van der Waals surface area contributed by atoms with E-state index in [1.54, 1.807) is 13.1 Å². The van der Waals surface area contributed by atoms with Crippen LogP contribution in [0.15, 0.2) is 29.2 Å². The molecule has 6 nitrogen and oxygen atoms in total. The summed E-state index contributed by atoms with van der Waals surface area (Å²) in [6.45, 7) is 2.37. The van der Waals surface area contributed by atoms with Crippen molar-refractivity contribution in [2.24, 2.45) is 0 Å². The van der Waals surface area contributed by atoms with Gasteiger partial charge in [0.2, 0.25) is 0 Å². The lowest BCUT2D eigenvalue weighted by Crippen LogP contribution is -2.22. The molecule has 2 aromatic rings. The number of aryl methyl sites for hydroxylation is 1. The van der Waals surface area contributed by atoms with E-state index in [9.17, 15) is 4.79 Å². The molecule has 0 spiro atoms. The van der Waals surface area contributed by atoms with Crippen molar-refractivity contribution in [2.45, 2.75) is 6.92 Å². The molecule has 2 N–H and O–H groups in total. The molecule has 0 aliphatic heterocycles. The maximum Gasteiger partial charge on any atom is 0.251 e. The van der Waals surface area contributed by atoms with Gasteiger partial charge in [-0.25, -0.2) is 9.97 Å². The van der Waals surface area contributed by atoms with Gasteiger partial charge in [-0.3, -0.25) is 4.79 Å². The van der Waals surface area contributed by atoms with Crippen LogP contribution in [0.5, 0.6) is 0 Å². The van der Waals surface area contributed by atoms with Crippen LogP contribution < -0.4 is 10.5 Å². The summed E-state index contributed by atoms with van der Waals surface area (Å²) < 4.78 is 0. The van der Waals surface area contributed by atoms with Crippen LogP contribution in [0.3, 0.4) is 0 Å². The molecule has 2 rings (SSSR count). The number of aromatic amines is 1. The van der Waals surface area contributed by atoms with Crippen molar-refractivity contribution < 1.29 is 5.11 Å². The van der Waals surface area contributed by atoms with Gasteiger partial charge in [0.15, 0.2) is 0 Å². The van der Waals surface area contributed by atoms with Gasteiger partial charge >= 0.3 is 0 Å². The second-order valence-electron chi connectivity index (χ2n) is 4.29.